The molecule has 3 aromatic rings. The molecule has 0 aliphatic rings. The summed E-state index contributed by atoms with van der Waals surface area (Å²) in [4.78, 5) is 18.1. The highest BCUT2D eigenvalue weighted by atomic mass is 35.5. The van der Waals surface area contributed by atoms with E-state index in [0.29, 0.717) is 10.7 Å². The number of aromatic carboxylic acids is 1. The van der Waals surface area contributed by atoms with Crippen molar-refractivity contribution in [3.8, 4) is 11.4 Å². The van der Waals surface area contributed by atoms with Crippen molar-refractivity contribution >= 4 is 28.5 Å². The predicted molar refractivity (Wildman–Crippen MR) is 73.5 cm³/mol. The second-order valence-corrected chi connectivity index (χ2v) is 4.59. The molecular weight excluding hydrogens is 264 g/mol. The summed E-state index contributed by atoms with van der Waals surface area (Å²) in [5.74, 6) is -0.984. The lowest BCUT2D eigenvalue weighted by molar-refractivity contribution is 0.0696. The molecule has 0 bridgehead atoms. The highest BCUT2D eigenvalue weighted by Crippen LogP contribution is 2.25. The summed E-state index contributed by atoms with van der Waals surface area (Å²) in [5, 5.41) is 10.5. The average Bonchev–Trinajstić information content (AvgIpc) is 2.81. The van der Waals surface area contributed by atoms with E-state index in [9.17, 15) is 4.79 Å². The van der Waals surface area contributed by atoms with Gasteiger partial charge in [0.2, 0.25) is 0 Å². The van der Waals surface area contributed by atoms with Gasteiger partial charge in [-0.1, -0.05) is 17.7 Å². The second-order valence-electron chi connectivity index (χ2n) is 4.15. The van der Waals surface area contributed by atoms with E-state index in [4.69, 9.17) is 16.7 Å². The van der Waals surface area contributed by atoms with Crippen LogP contribution in [0.4, 0.5) is 0 Å². The van der Waals surface area contributed by atoms with Gasteiger partial charge in [0.1, 0.15) is 0 Å². The maximum absolute atomic E-state index is 10.8. The van der Waals surface area contributed by atoms with Crippen molar-refractivity contribution in [2.45, 2.75) is 0 Å². The number of carbonyl (C=O) groups is 1. The Kier molecular flexibility index (Phi) is 2.72. The Morgan fingerprint density at radius 2 is 2.05 bits per heavy atom. The highest BCUT2D eigenvalue weighted by molar-refractivity contribution is 6.31. The Morgan fingerprint density at radius 1 is 1.21 bits per heavy atom. The Labute approximate surface area is 113 Å². The first-order chi connectivity index (χ1) is 9.13. The lowest BCUT2D eigenvalue weighted by Gasteiger charge is -1.97. The molecule has 0 aliphatic heterocycles. The first kappa shape index (κ1) is 11.7. The van der Waals surface area contributed by atoms with Crippen LogP contribution in [0.1, 0.15) is 10.4 Å². The smallest absolute Gasteiger partial charge is 0.337 e. The topological polar surface area (TPSA) is 66.0 Å². The minimum absolute atomic E-state index is 0.169. The minimum atomic E-state index is -0.984. The first-order valence-corrected chi connectivity index (χ1v) is 5.99. The lowest BCUT2D eigenvalue weighted by Crippen LogP contribution is -1.97. The van der Waals surface area contributed by atoms with E-state index in [1.807, 2.05) is 24.3 Å². The number of hydrogen-bond acceptors (Lipinski definition) is 2. The summed E-state index contributed by atoms with van der Waals surface area (Å²) in [5.41, 5.74) is 2.61. The number of H-pyrrole nitrogens is 1. The molecule has 2 heterocycles. The third-order valence-electron chi connectivity index (χ3n) is 2.87. The van der Waals surface area contributed by atoms with Crippen LogP contribution in [0.3, 0.4) is 0 Å². The van der Waals surface area contributed by atoms with E-state index in [1.165, 1.54) is 12.3 Å². The fourth-order valence-corrected chi connectivity index (χ4v) is 2.09. The number of halogens is 1. The molecule has 94 valence electrons. The van der Waals surface area contributed by atoms with Crippen molar-refractivity contribution in [3.63, 3.8) is 0 Å². The molecule has 0 unspecified atom stereocenters. The van der Waals surface area contributed by atoms with Crippen LogP contribution in [0, 0.1) is 0 Å². The van der Waals surface area contributed by atoms with Crippen LogP contribution in [0.5, 0.6) is 0 Å². The van der Waals surface area contributed by atoms with Gasteiger partial charge in [0.15, 0.2) is 0 Å². The van der Waals surface area contributed by atoms with Gasteiger partial charge in [-0.3, -0.25) is 4.98 Å². The maximum atomic E-state index is 10.8. The number of rotatable bonds is 2. The monoisotopic (exact) mass is 272 g/mol. The quantitative estimate of drug-likeness (QED) is 0.749. The summed E-state index contributed by atoms with van der Waals surface area (Å²) >= 11 is 5.93. The molecule has 4 nitrogen and oxygen atoms in total. The number of aromatic nitrogens is 2. The number of benzene rings is 1. The number of carboxylic acid groups (broad SMARTS) is 1. The van der Waals surface area contributed by atoms with Crippen LogP contribution < -0.4 is 0 Å². The largest absolute Gasteiger partial charge is 0.478 e. The average molecular weight is 273 g/mol. The van der Waals surface area contributed by atoms with Gasteiger partial charge < -0.3 is 10.1 Å². The lowest BCUT2D eigenvalue weighted by atomic mass is 10.2. The van der Waals surface area contributed by atoms with E-state index in [1.54, 1.807) is 6.07 Å². The SMILES string of the molecule is O=C(O)c1ccc(-c2cc3ccc(Cl)cc3[nH]2)nc1. The molecule has 0 aliphatic carbocycles. The molecule has 1 aromatic carbocycles. The Morgan fingerprint density at radius 3 is 2.74 bits per heavy atom. The van der Waals surface area contributed by atoms with Gasteiger partial charge in [0.05, 0.1) is 17.0 Å². The van der Waals surface area contributed by atoms with Gasteiger partial charge in [-0.25, -0.2) is 4.79 Å². The highest BCUT2D eigenvalue weighted by Gasteiger charge is 2.07. The van der Waals surface area contributed by atoms with Crippen LogP contribution in [0.15, 0.2) is 42.6 Å². The molecule has 2 aromatic heterocycles. The molecule has 0 spiro atoms. The summed E-state index contributed by atoms with van der Waals surface area (Å²) in [6.07, 6.45) is 1.34. The molecule has 2 N–H and O–H groups in total. The van der Waals surface area contributed by atoms with Gasteiger partial charge in [-0.05, 0) is 30.3 Å². The van der Waals surface area contributed by atoms with Crippen molar-refractivity contribution in [2.75, 3.05) is 0 Å². The fraction of sp³-hybridized carbons (Fsp3) is 0. The summed E-state index contributed by atoms with van der Waals surface area (Å²) in [6.45, 7) is 0. The van der Waals surface area contributed by atoms with Crippen LogP contribution >= 0.6 is 11.6 Å². The van der Waals surface area contributed by atoms with Crippen molar-refractivity contribution in [2.24, 2.45) is 0 Å². The number of nitrogens with one attached hydrogen (secondary N) is 1. The van der Waals surface area contributed by atoms with Gasteiger partial charge in [0.25, 0.3) is 0 Å². The number of pyridine rings is 1. The Balaban J connectivity index is 2.06. The van der Waals surface area contributed by atoms with Crippen molar-refractivity contribution < 1.29 is 9.90 Å². The zero-order valence-electron chi connectivity index (χ0n) is 9.72. The Hall–Kier alpha value is -2.33. The van der Waals surface area contributed by atoms with Crippen LogP contribution in [-0.2, 0) is 0 Å². The molecule has 0 fully saturated rings. The number of aromatic amines is 1. The van der Waals surface area contributed by atoms with Crippen LogP contribution in [-0.4, -0.2) is 21.0 Å². The van der Waals surface area contributed by atoms with Crippen molar-refractivity contribution in [3.05, 3.63) is 53.2 Å². The number of nitrogens with zero attached hydrogens (tertiary/aromatic N) is 1. The summed E-state index contributed by atoms with van der Waals surface area (Å²) < 4.78 is 0. The molecular formula is C14H9ClN2O2. The third-order valence-corrected chi connectivity index (χ3v) is 3.11. The molecule has 0 saturated heterocycles. The van der Waals surface area contributed by atoms with Gasteiger partial charge in [0, 0.05) is 22.1 Å². The number of hydrogen-bond donors (Lipinski definition) is 2. The number of fused-ring (bicyclic) bond motifs is 1. The molecule has 0 atom stereocenters. The normalized spacial score (nSPS) is 10.8. The van der Waals surface area contributed by atoms with E-state index >= 15 is 0 Å². The van der Waals surface area contributed by atoms with Gasteiger partial charge >= 0.3 is 5.97 Å². The van der Waals surface area contributed by atoms with Gasteiger partial charge in [-0.2, -0.15) is 0 Å². The van der Waals surface area contributed by atoms with Gasteiger partial charge in [-0.15, -0.1) is 0 Å². The summed E-state index contributed by atoms with van der Waals surface area (Å²) in [7, 11) is 0. The van der Waals surface area contributed by atoms with Crippen LogP contribution in [0.25, 0.3) is 22.3 Å². The van der Waals surface area contributed by atoms with Crippen molar-refractivity contribution in [1.82, 2.24) is 9.97 Å². The zero-order chi connectivity index (χ0) is 13.4. The van der Waals surface area contributed by atoms with Crippen molar-refractivity contribution in [1.29, 1.82) is 0 Å². The predicted octanol–water partition coefficient (Wildman–Crippen LogP) is 3.58. The third kappa shape index (κ3) is 2.18. The first-order valence-electron chi connectivity index (χ1n) is 5.61. The van der Waals surface area contributed by atoms with Crippen LogP contribution in [0.2, 0.25) is 5.02 Å². The fourth-order valence-electron chi connectivity index (χ4n) is 1.92. The van der Waals surface area contributed by atoms with E-state index < -0.39 is 5.97 Å². The molecule has 5 heteroatoms. The zero-order valence-corrected chi connectivity index (χ0v) is 10.5. The maximum Gasteiger partial charge on any atom is 0.337 e. The molecule has 3 rings (SSSR count). The molecule has 0 radical (unpaired) electrons. The molecule has 0 amide bonds. The minimum Gasteiger partial charge on any atom is -0.478 e. The standard InChI is InChI=1S/C14H9ClN2O2/c15-10-3-1-8-5-13(17-12(8)6-10)11-4-2-9(7-16-11)14(18)19/h1-7,17H,(H,18,19). The number of carboxylic acids is 1. The Bertz CT molecular complexity index is 763. The summed E-state index contributed by atoms with van der Waals surface area (Å²) in [6, 6.07) is 10.7. The van der Waals surface area contributed by atoms with E-state index in [2.05, 4.69) is 9.97 Å². The molecule has 19 heavy (non-hydrogen) atoms. The second kappa shape index (κ2) is 4.40. The van der Waals surface area contributed by atoms with E-state index in [0.717, 1.165) is 16.6 Å². The van der Waals surface area contributed by atoms with E-state index in [-0.39, 0.29) is 5.56 Å². The molecule has 0 saturated carbocycles.